The number of carboxylic acid groups (broad SMARTS) is 1. The fourth-order valence-electron chi connectivity index (χ4n) is 1.45. The first kappa shape index (κ1) is 9.88. The van der Waals surface area contributed by atoms with E-state index >= 15 is 0 Å². The number of aromatic nitrogens is 1. The molecule has 0 fully saturated rings. The molecule has 0 aliphatic carbocycles. The molecular formula is C9H7NO4S. The van der Waals surface area contributed by atoms with Crippen molar-refractivity contribution in [3.8, 4) is 0 Å². The lowest BCUT2D eigenvalue weighted by Gasteiger charge is -2.00. The number of fused-ring (bicyclic) bond motifs is 1. The van der Waals surface area contributed by atoms with Gasteiger partial charge >= 0.3 is 5.97 Å². The number of para-hydroxylation sites is 1. The maximum atomic E-state index is 11.0. The van der Waals surface area contributed by atoms with Gasteiger partial charge in [0.2, 0.25) is 0 Å². The largest absolute Gasteiger partial charge is 0.477 e. The Kier molecular flexibility index (Phi) is 2.29. The van der Waals surface area contributed by atoms with Crippen LogP contribution in [-0.2, 0) is 11.3 Å². The van der Waals surface area contributed by atoms with Crippen molar-refractivity contribution in [2.75, 3.05) is 0 Å². The number of hydrogen-bond acceptors (Lipinski definition) is 2. The Balaban J connectivity index is 2.86. The average Bonchev–Trinajstić information content (AvgIpc) is 2.56. The van der Waals surface area contributed by atoms with Crippen molar-refractivity contribution in [2.24, 2.45) is 0 Å². The molecule has 1 atom stereocenters. The minimum absolute atomic E-state index is 0.197. The van der Waals surface area contributed by atoms with Gasteiger partial charge in [-0.2, -0.15) is 0 Å². The molecule has 2 rings (SSSR count). The maximum Gasteiger partial charge on any atom is 0.353 e. The lowest BCUT2D eigenvalue weighted by molar-refractivity contribution is 0.0689. The number of carbonyl (C=O) groups is 1. The molecule has 1 heterocycles. The third-order valence-electron chi connectivity index (χ3n) is 2.04. The molecule has 0 saturated carbocycles. The van der Waals surface area contributed by atoms with Crippen LogP contribution in [0.5, 0.6) is 0 Å². The van der Waals surface area contributed by atoms with E-state index in [4.69, 9.17) is 9.66 Å². The van der Waals surface area contributed by atoms with E-state index in [-0.39, 0.29) is 5.69 Å². The first-order chi connectivity index (χ1) is 7.11. The second-order valence-corrected chi connectivity index (χ2v) is 3.75. The fourth-order valence-corrected chi connectivity index (χ4v) is 2.08. The van der Waals surface area contributed by atoms with Crippen molar-refractivity contribution in [1.29, 1.82) is 0 Å². The Morgan fingerprint density at radius 3 is 2.60 bits per heavy atom. The molecule has 2 N–H and O–H groups in total. The van der Waals surface area contributed by atoms with Crippen LogP contribution >= 0.6 is 0 Å². The van der Waals surface area contributed by atoms with Crippen molar-refractivity contribution in [2.45, 2.75) is 0 Å². The highest BCUT2D eigenvalue weighted by Crippen LogP contribution is 2.20. The molecule has 15 heavy (non-hydrogen) atoms. The summed E-state index contributed by atoms with van der Waals surface area (Å²) in [4.78, 5) is 10.8. The van der Waals surface area contributed by atoms with Crippen LogP contribution in [0, 0.1) is 0 Å². The normalized spacial score (nSPS) is 12.9. The molecule has 0 amide bonds. The summed E-state index contributed by atoms with van der Waals surface area (Å²) in [6.45, 7) is 0. The highest BCUT2D eigenvalue weighted by atomic mass is 32.2. The SMILES string of the molecule is O=C(O)c1cc2ccccc2n1S(=O)O. The molecule has 2 aromatic rings. The monoisotopic (exact) mass is 225 g/mol. The number of rotatable bonds is 2. The highest BCUT2D eigenvalue weighted by molar-refractivity contribution is 7.77. The minimum atomic E-state index is -2.37. The van der Waals surface area contributed by atoms with Crippen molar-refractivity contribution >= 4 is 28.1 Å². The standard InChI is InChI=1S/C9H7NO4S/c11-9(12)8-5-6-3-1-2-4-7(6)10(8)15(13)14/h1-5H,(H,11,12)(H,13,14). The molecule has 0 spiro atoms. The number of aromatic carboxylic acids is 1. The van der Waals surface area contributed by atoms with Crippen LogP contribution < -0.4 is 0 Å². The molecule has 1 aromatic heterocycles. The van der Waals surface area contributed by atoms with E-state index in [2.05, 4.69) is 0 Å². The van der Waals surface area contributed by atoms with Crippen LogP contribution in [0.3, 0.4) is 0 Å². The van der Waals surface area contributed by atoms with Gasteiger partial charge in [0.15, 0.2) is 0 Å². The fraction of sp³-hybridized carbons (Fsp3) is 0. The van der Waals surface area contributed by atoms with Gasteiger partial charge in [-0.1, -0.05) is 18.2 Å². The number of hydrogen-bond donors (Lipinski definition) is 2. The van der Waals surface area contributed by atoms with Gasteiger partial charge in [0.05, 0.1) is 5.52 Å². The first-order valence-corrected chi connectivity index (χ1v) is 5.13. The molecule has 5 nitrogen and oxygen atoms in total. The molecule has 6 heteroatoms. The summed E-state index contributed by atoms with van der Waals surface area (Å²) in [5, 5.41) is 9.47. The van der Waals surface area contributed by atoms with Gasteiger partial charge in [0.1, 0.15) is 5.69 Å². The van der Waals surface area contributed by atoms with Crippen LogP contribution in [-0.4, -0.2) is 23.8 Å². The summed E-state index contributed by atoms with van der Waals surface area (Å²) in [5.41, 5.74) is 0.229. The lowest BCUT2D eigenvalue weighted by Crippen LogP contribution is -2.11. The van der Waals surface area contributed by atoms with E-state index in [1.54, 1.807) is 24.3 Å². The molecule has 0 aliphatic rings. The van der Waals surface area contributed by atoms with E-state index in [1.165, 1.54) is 6.07 Å². The van der Waals surface area contributed by atoms with E-state index in [1.807, 2.05) is 0 Å². The molecule has 78 valence electrons. The van der Waals surface area contributed by atoms with E-state index in [0.717, 1.165) is 3.97 Å². The first-order valence-electron chi connectivity index (χ1n) is 4.06. The predicted molar refractivity (Wildman–Crippen MR) is 55.1 cm³/mol. The lowest BCUT2D eigenvalue weighted by atomic mass is 10.2. The Bertz CT molecular complexity index is 560. The predicted octanol–water partition coefficient (Wildman–Crippen LogP) is 1.32. The summed E-state index contributed by atoms with van der Waals surface area (Å²) in [7, 11) is 0. The van der Waals surface area contributed by atoms with Gasteiger partial charge in [-0.3, -0.25) is 4.55 Å². The smallest absolute Gasteiger partial charge is 0.353 e. The number of carboxylic acids is 1. The Morgan fingerprint density at radius 2 is 2.00 bits per heavy atom. The second kappa shape index (κ2) is 3.48. The quantitative estimate of drug-likeness (QED) is 0.755. The summed E-state index contributed by atoms with van der Waals surface area (Å²) in [6.07, 6.45) is 0. The molecular weight excluding hydrogens is 218 g/mol. The number of benzene rings is 1. The Labute approximate surface area is 87.4 Å². The van der Waals surface area contributed by atoms with Crippen molar-refractivity contribution < 1.29 is 18.7 Å². The maximum absolute atomic E-state index is 11.0. The summed E-state index contributed by atoms with van der Waals surface area (Å²) in [5.74, 6) is -1.23. The molecule has 0 radical (unpaired) electrons. The third kappa shape index (κ3) is 1.53. The Morgan fingerprint density at radius 1 is 1.33 bits per heavy atom. The Hall–Kier alpha value is -1.66. The van der Waals surface area contributed by atoms with Crippen LogP contribution in [0.4, 0.5) is 0 Å². The van der Waals surface area contributed by atoms with Gasteiger partial charge in [0, 0.05) is 5.39 Å². The number of nitrogens with zero attached hydrogens (tertiary/aromatic N) is 1. The molecule has 1 unspecified atom stereocenters. The average molecular weight is 225 g/mol. The second-order valence-electron chi connectivity index (χ2n) is 2.92. The van der Waals surface area contributed by atoms with E-state index < -0.39 is 17.2 Å². The van der Waals surface area contributed by atoms with E-state index in [0.29, 0.717) is 10.9 Å². The van der Waals surface area contributed by atoms with Gasteiger partial charge < -0.3 is 5.11 Å². The van der Waals surface area contributed by atoms with Gasteiger partial charge in [-0.05, 0) is 12.1 Å². The van der Waals surface area contributed by atoms with Crippen molar-refractivity contribution in [1.82, 2.24) is 3.97 Å². The zero-order valence-electron chi connectivity index (χ0n) is 7.45. The van der Waals surface area contributed by atoms with E-state index in [9.17, 15) is 9.00 Å². The van der Waals surface area contributed by atoms with Gasteiger partial charge in [0.25, 0.3) is 11.3 Å². The van der Waals surface area contributed by atoms with Crippen LogP contribution in [0.1, 0.15) is 10.5 Å². The zero-order chi connectivity index (χ0) is 11.0. The minimum Gasteiger partial charge on any atom is -0.477 e. The van der Waals surface area contributed by atoms with Crippen molar-refractivity contribution in [3.05, 3.63) is 36.0 Å². The van der Waals surface area contributed by atoms with Crippen LogP contribution in [0.15, 0.2) is 30.3 Å². The summed E-state index contributed by atoms with van der Waals surface area (Å²) < 4.78 is 20.9. The van der Waals surface area contributed by atoms with Gasteiger partial charge in [-0.25, -0.2) is 13.0 Å². The molecule has 0 aliphatic heterocycles. The topological polar surface area (TPSA) is 79.5 Å². The van der Waals surface area contributed by atoms with Crippen LogP contribution in [0.2, 0.25) is 0 Å². The molecule has 1 aromatic carbocycles. The van der Waals surface area contributed by atoms with Crippen molar-refractivity contribution in [3.63, 3.8) is 0 Å². The van der Waals surface area contributed by atoms with Gasteiger partial charge in [-0.15, -0.1) is 0 Å². The summed E-state index contributed by atoms with van der Waals surface area (Å²) >= 11 is -2.37. The zero-order valence-corrected chi connectivity index (χ0v) is 8.27. The molecule has 0 bridgehead atoms. The highest BCUT2D eigenvalue weighted by Gasteiger charge is 2.17. The molecule has 0 saturated heterocycles. The summed E-state index contributed by atoms with van der Waals surface area (Å²) in [6, 6.07) is 8.06. The van der Waals surface area contributed by atoms with Crippen LogP contribution in [0.25, 0.3) is 10.9 Å². The third-order valence-corrected chi connectivity index (χ3v) is 2.75.